The lowest BCUT2D eigenvalue weighted by atomic mass is 9.96. The Morgan fingerprint density at radius 2 is 2.04 bits per heavy atom. The molecule has 1 fully saturated rings. The number of aromatic nitrogens is 2. The molecule has 1 aliphatic rings. The second-order valence-corrected chi connectivity index (χ2v) is 7.86. The SMILES string of the molecule is CCNCC1CCN(C(=O)c2sc3nc(COC)nc(OC)c3c2C)CC1. The Balaban J connectivity index is 1.82. The maximum atomic E-state index is 13.1. The third-order valence-corrected chi connectivity index (χ3v) is 6.22. The van der Waals surface area contributed by atoms with E-state index < -0.39 is 0 Å². The van der Waals surface area contributed by atoms with Crippen LogP contribution in [-0.4, -0.2) is 61.2 Å². The molecule has 0 spiro atoms. The lowest BCUT2D eigenvalue weighted by molar-refractivity contribution is 0.0694. The van der Waals surface area contributed by atoms with Gasteiger partial charge in [-0.25, -0.2) is 4.98 Å². The Morgan fingerprint density at radius 3 is 2.67 bits per heavy atom. The number of nitrogens with one attached hydrogen (secondary N) is 1. The smallest absolute Gasteiger partial charge is 0.264 e. The van der Waals surface area contributed by atoms with E-state index in [-0.39, 0.29) is 5.91 Å². The van der Waals surface area contributed by atoms with Crippen molar-refractivity contribution in [1.29, 1.82) is 0 Å². The van der Waals surface area contributed by atoms with E-state index in [4.69, 9.17) is 9.47 Å². The summed E-state index contributed by atoms with van der Waals surface area (Å²) in [7, 11) is 3.19. The van der Waals surface area contributed by atoms with Crippen molar-refractivity contribution >= 4 is 27.5 Å². The largest absolute Gasteiger partial charge is 0.480 e. The maximum absolute atomic E-state index is 13.1. The molecule has 2 aromatic rings. The number of thiophene rings is 1. The number of likely N-dealkylation sites (tertiary alicyclic amines) is 1. The van der Waals surface area contributed by atoms with Crippen LogP contribution < -0.4 is 10.1 Å². The average molecular weight is 393 g/mol. The average Bonchev–Trinajstić information content (AvgIpc) is 3.02. The molecule has 0 aromatic carbocycles. The molecule has 1 saturated heterocycles. The molecule has 27 heavy (non-hydrogen) atoms. The highest BCUT2D eigenvalue weighted by atomic mass is 32.1. The van der Waals surface area contributed by atoms with Gasteiger partial charge in [0.05, 0.1) is 17.4 Å². The first-order chi connectivity index (χ1) is 13.1. The van der Waals surface area contributed by atoms with Crippen molar-refractivity contribution in [2.45, 2.75) is 33.3 Å². The van der Waals surface area contributed by atoms with Crippen molar-refractivity contribution in [3.05, 3.63) is 16.3 Å². The molecule has 1 N–H and O–H groups in total. The minimum Gasteiger partial charge on any atom is -0.480 e. The lowest BCUT2D eigenvalue weighted by Gasteiger charge is -2.32. The number of carbonyl (C=O) groups is 1. The minimum atomic E-state index is 0.0905. The van der Waals surface area contributed by atoms with Crippen molar-refractivity contribution < 1.29 is 14.3 Å². The highest BCUT2D eigenvalue weighted by Crippen LogP contribution is 2.36. The molecule has 0 radical (unpaired) electrons. The van der Waals surface area contributed by atoms with Gasteiger partial charge in [-0.3, -0.25) is 4.79 Å². The highest BCUT2D eigenvalue weighted by molar-refractivity contribution is 7.20. The van der Waals surface area contributed by atoms with E-state index in [0.29, 0.717) is 24.2 Å². The Bertz CT molecular complexity index is 800. The zero-order valence-corrected chi connectivity index (χ0v) is 17.3. The van der Waals surface area contributed by atoms with Gasteiger partial charge in [0.15, 0.2) is 5.82 Å². The van der Waals surface area contributed by atoms with Crippen LogP contribution in [0.4, 0.5) is 0 Å². The normalized spacial score (nSPS) is 15.5. The summed E-state index contributed by atoms with van der Waals surface area (Å²) in [6.45, 7) is 8.03. The summed E-state index contributed by atoms with van der Waals surface area (Å²) in [4.78, 5) is 25.6. The first-order valence-corrected chi connectivity index (χ1v) is 10.2. The van der Waals surface area contributed by atoms with Gasteiger partial charge in [0.2, 0.25) is 5.88 Å². The van der Waals surface area contributed by atoms with E-state index in [1.54, 1.807) is 14.2 Å². The molecule has 2 aromatic heterocycles. The fraction of sp³-hybridized carbons (Fsp3) is 0.632. The number of ether oxygens (including phenoxy) is 2. The van der Waals surface area contributed by atoms with Gasteiger partial charge in [0, 0.05) is 20.2 Å². The molecule has 0 aliphatic carbocycles. The van der Waals surface area contributed by atoms with Crippen LogP contribution in [0.25, 0.3) is 10.2 Å². The van der Waals surface area contributed by atoms with Crippen molar-refractivity contribution in [2.75, 3.05) is 40.4 Å². The first-order valence-electron chi connectivity index (χ1n) is 9.41. The number of piperidine rings is 1. The molecule has 1 aliphatic heterocycles. The van der Waals surface area contributed by atoms with Crippen molar-refractivity contribution in [2.24, 2.45) is 5.92 Å². The molecule has 0 bridgehead atoms. The summed E-state index contributed by atoms with van der Waals surface area (Å²) < 4.78 is 10.6. The van der Waals surface area contributed by atoms with Gasteiger partial charge in [-0.15, -0.1) is 11.3 Å². The number of hydrogen-bond acceptors (Lipinski definition) is 7. The second-order valence-electron chi connectivity index (χ2n) is 6.86. The zero-order valence-electron chi connectivity index (χ0n) is 16.5. The third-order valence-electron chi connectivity index (χ3n) is 5.05. The quantitative estimate of drug-likeness (QED) is 0.781. The standard InChI is InChI=1S/C19H28N4O3S/c1-5-20-10-13-6-8-23(9-7-13)19(24)16-12(2)15-17(26-4)21-14(11-25-3)22-18(15)27-16/h13,20H,5-11H2,1-4H3. The highest BCUT2D eigenvalue weighted by Gasteiger charge is 2.27. The van der Waals surface area contributed by atoms with Crippen LogP contribution in [0.2, 0.25) is 0 Å². The zero-order chi connectivity index (χ0) is 19.4. The number of nitrogens with zero attached hydrogens (tertiary/aromatic N) is 3. The van der Waals surface area contributed by atoms with Gasteiger partial charge in [-0.1, -0.05) is 6.92 Å². The molecular formula is C19H28N4O3S. The number of fused-ring (bicyclic) bond motifs is 1. The van der Waals surface area contributed by atoms with Crippen molar-refractivity contribution in [3.63, 3.8) is 0 Å². The summed E-state index contributed by atoms with van der Waals surface area (Å²) in [6.07, 6.45) is 2.09. The summed E-state index contributed by atoms with van der Waals surface area (Å²) in [6, 6.07) is 0. The second kappa shape index (κ2) is 8.95. The molecule has 8 heteroatoms. The number of carbonyl (C=O) groups excluding carboxylic acids is 1. The molecule has 0 atom stereocenters. The third kappa shape index (κ3) is 4.23. The Kier molecular flexibility index (Phi) is 6.62. The fourth-order valence-electron chi connectivity index (χ4n) is 3.52. The van der Waals surface area contributed by atoms with Gasteiger partial charge < -0.3 is 19.7 Å². The van der Waals surface area contributed by atoms with E-state index in [0.717, 1.165) is 59.7 Å². The summed E-state index contributed by atoms with van der Waals surface area (Å²) >= 11 is 1.42. The van der Waals surface area contributed by atoms with E-state index in [1.165, 1.54) is 11.3 Å². The van der Waals surface area contributed by atoms with Gasteiger partial charge in [0.25, 0.3) is 5.91 Å². The predicted molar refractivity (Wildman–Crippen MR) is 107 cm³/mol. The Morgan fingerprint density at radius 1 is 1.30 bits per heavy atom. The van der Waals surface area contributed by atoms with E-state index in [1.807, 2.05) is 11.8 Å². The van der Waals surface area contributed by atoms with E-state index in [9.17, 15) is 4.79 Å². The number of aryl methyl sites for hydroxylation is 1. The van der Waals surface area contributed by atoms with Gasteiger partial charge in [-0.2, -0.15) is 4.98 Å². The molecule has 3 rings (SSSR count). The van der Waals surface area contributed by atoms with Gasteiger partial charge in [-0.05, 0) is 44.3 Å². The van der Waals surface area contributed by atoms with E-state index >= 15 is 0 Å². The minimum absolute atomic E-state index is 0.0905. The molecule has 0 saturated carbocycles. The molecule has 1 amide bonds. The van der Waals surface area contributed by atoms with Gasteiger partial charge >= 0.3 is 0 Å². The number of methoxy groups -OCH3 is 2. The monoisotopic (exact) mass is 392 g/mol. The molecule has 0 unspecified atom stereocenters. The van der Waals surface area contributed by atoms with Crippen LogP contribution >= 0.6 is 11.3 Å². The summed E-state index contributed by atoms with van der Waals surface area (Å²) in [5.41, 5.74) is 0.899. The maximum Gasteiger partial charge on any atom is 0.264 e. The summed E-state index contributed by atoms with van der Waals surface area (Å²) in [5.74, 6) is 1.81. The molecular weight excluding hydrogens is 364 g/mol. The van der Waals surface area contributed by atoms with E-state index in [2.05, 4.69) is 22.2 Å². The molecule has 148 valence electrons. The molecule has 3 heterocycles. The van der Waals surface area contributed by atoms with Gasteiger partial charge in [0.1, 0.15) is 11.4 Å². The van der Waals surface area contributed by atoms with Crippen LogP contribution in [0.15, 0.2) is 0 Å². The predicted octanol–water partition coefficient (Wildman–Crippen LogP) is 2.62. The van der Waals surface area contributed by atoms with Crippen molar-refractivity contribution in [3.8, 4) is 5.88 Å². The van der Waals surface area contributed by atoms with Crippen LogP contribution in [0, 0.1) is 12.8 Å². The Labute approximate surface area is 164 Å². The van der Waals surface area contributed by atoms with Crippen LogP contribution in [-0.2, 0) is 11.3 Å². The van der Waals surface area contributed by atoms with Crippen LogP contribution in [0.5, 0.6) is 5.88 Å². The fourth-order valence-corrected chi connectivity index (χ4v) is 4.68. The Hall–Kier alpha value is -1.77. The van der Waals surface area contributed by atoms with Crippen LogP contribution in [0.3, 0.4) is 0 Å². The number of amides is 1. The van der Waals surface area contributed by atoms with Crippen molar-refractivity contribution in [1.82, 2.24) is 20.2 Å². The van der Waals surface area contributed by atoms with Crippen LogP contribution in [0.1, 0.15) is 40.8 Å². The first kappa shape index (κ1) is 20.0. The number of hydrogen-bond donors (Lipinski definition) is 1. The summed E-state index contributed by atoms with van der Waals surface area (Å²) in [5, 5.41) is 4.23. The lowest BCUT2D eigenvalue weighted by Crippen LogP contribution is -2.40. The molecule has 7 nitrogen and oxygen atoms in total. The topological polar surface area (TPSA) is 76.6 Å². The number of rotatable bonds is 7.